The van der Waals surface area contributed by atoms with E-state index in [0.717, 1.165) is 52.8 Å². The van der Waals surface area contributed by atoms with E-state index in [1.54, 1.807) is 18.3 Å². The maximum atomic E-state index is 13.3. The van der Waals surface area contributed by atoms with Crippen molar-refractivity contribution in [2.45, 2.75) is 76.7 Å². The average molecular weight is 422 g/mol. The summed E-state index contributed by atoms with van der Waals surface area (Å²) < 4.78 is 29.5. The van der Waals surface area contributed by atoms with Gasteiger partial charge < -0.3 is 5.11 Å². The molecule has 4 nitrogen and oxygen atoms in total. The van der Waals surface area contributed by atoms with Gasteiger partial charge in [0.25, 0.3) is 0 Å². The Bertz CT molecular complexity index is 942. The van der Waals surface area contributed by atoms with Crippen LogP contribution in [0.4, 0.5) is 0 Å². The first-order valence-electron chi connectivity index (χ1n) is 9.93. The van der Waals surface area contributed by atoms with Crippen molar-refractivity contribution in [2.75, 3.05) is 6.54 Å². The fourth-order valence-corrected chi connectivity index (χ4v) is 7.24. The molecule has 0 amide bonds. The number of thiophene rings is 1. The van der Waals surface area contributed by atoms with Crippen LogP contribution in [0.3, 0.4) is 0 Å². The molecule has 0 spiro atoms. The average Bonchev–Trinajstić information content (AvgIpc) is 3.28. The molecule has 0 saturated heterocycles. The number of hydrogen-bond acceptors (Lipinski definition) is 4. The minimum absolute atomic E-state index is 0.175. The summed E-state index contributed by atoms with van der Waals surface area (Å²) in [5.41, 5.74) is 3.47. The Hall–Kier alpha value is -1.21. The van der Waals surface area contributed by atoms with Gasteiger partial charge in [0.05, 0.1) is 11.0 Å². The molecular weight excluding hydrogens is 390 g/mol. The van der Waals surface area contributed by atoms with Crippen LogP contribution in [0.5, 0.6) is 0 Å². The molecule has 0 aliphatic heterocycles. The molecule has 1 aliphatic rings. The van der Waals surface area contributed by atoms with Gasteiger partial charge in [0.1, 0.15) is 0 Å². The molecule has 1 aromatic carbocycles. The van der Waals surface area contributed by atoms with Gasteiger partial charge in [-0.3, -0.25) is 0 Å². The summed E-state index contributed by atoms with van der Waals surface area (Å²) in [5.74, 6) is 0. The van der Waals surface area contributed by atoms with Crippen molar-refractivity contribution in [1.82, 2.24) is 4.72 Å². The highest BCUT2D eigenvalue weighted by Crippen LogP contribution is 2.44. The van der Waals surface area contributed by atoms with Gasteiger partial charge >= 0.3 is 0 Å². The quantitative estimate of drug-likeness (QED) is 0.702. The summed E-state index contributed by atoms with van der Waals surface area (Å²) in [7, 11) is -3.60. The first-order valence-corrected chi connectivity index (χ1v) is 12.2. The molecule has 1 aromatic heterocycles. The maximum absolute atomic E-state index is 13.3. The number of hydrogen-bond donors (Lipinski definition) is 2. The molecule has 1 heterocycles. The Morgan fingerprint density at radius 2 is 1.68 bits per heavy atom. The molecule has 1 fully saturated rings. The van der Waals surface area contributed by atoms with Crippen molar-refractivity contribution in [3.8, 4) is 0 Å². The van der Waals surface area contributed by atoms with E-state index in [4.69, 9.17) is 0 Å². The normalized spacial score (nSPS) is 17.8. The predicted octanol–water partition coefficient (Wildman–Crippen LogP) is 4.83. The first-order chi connectivity index (χ1) is 13.1. The Kier molecular flexibility index (Phi) is 6.07. The summed E-state index contributed by atoms with van der Waals surface area (Å²) in [6.07, 6.45) is 3.66. The second-order valence-corrected chi connectivity index (χ2v) is 11.1. The molecule has 6 heteroatoms. The van der Waals surface area contributed by atoms with Crippen molar-refractivity contribution in [1.29, 1.82) is 0 Å². The summed E-state index contributed by atoms with van der Waals surface area (Å²) in [6, 6.07) is 6.09. The van der Waals surface area contributed by atoms with E-state index < -0.39 is 16.1 Å². The third kappa shape index (κ3) is 3.92. The number of nitrogens with one attached hydrogen (secondary N) is 1. The predicted molar refractivity (Wildman–Crippen MR) is 116 cm³/mol. The van der Waals surface area contributed by atoms with E-state index in [1.807, 2.05) is 39.8 Å². The number of aryl methyl sites for hydroxylation is 2. The molecule has 28 heavy (non-hydrogen) atoms. The number of sulfonamides is 1. The highest BCUT2D eigenvalue weighted by atomic mass is 32.2. The molecule has 1 atom stereocenters. The van der Waals surface area contributed by atoms with E-state index in [1.165, 1.54) is 4.88 Å². The molecule has 154 valence electrons. The van der Waals surface area contributed by atoms with Gasteiger partial charge in [-0.1, -0.05) is 18.9 Å². The molecule has 2 aromatic rings. The van der Waals surface area contributed by atoms with Gasteiger partial charge in [-0.15, -0.1) is 11.3 Å². The summed E-state index contributed by atoms with van der Waals surface area (Å²) >= 11 is 1.61. The van der Waals surface area contributed by atoms with Crippen LogP contribution in [-0.2, 0) is 15.4 Å². The number of aliphatic hydroxyl groups is 1. The van der Waals surface area contributed by atoms with Crippen LogP contribution in [0, 0.1) is 27.7 Å². The monoisotopic (exact) mass is 421 g/mol. The maximum Gasteiger partial charge on any atom is 0.241 e. The lowest BCUT2D eigenvalue weighted by atomic mass is 9.85. The van der Waals surface area contributed by atoms with E-state index in [9.17, 15) is 13.5 Å². The highest BCUT2D eigenvalue weighted by molar-refractivity contribution is 7.89. The zero-order valence-corrected chi connectivity index (χ0v) is 19.1. The number of rotatable bonds is 6. The van der Waals surface area contributed by atoms with Crippen LogP contribution in [-0.4, -0.2) is 20.1 Å². The lowest BCUT2D eigenvalue weighted by Gasteiger charge is -2.29. The summed E-state index contributed by atoms with van der Waals surface area (Å²) in [5, 5.41) is 9.88. The van der Waals surface area contributed by atoms with Crippen LogP contribution in [0.1, 0.15) is 70.7 Å². The largest absolute Gasteiger partial charge is 0.388 e. The molecule has 2 N–H and O–H groups in total. The zero-order chi connectivity index (χ0) is 20.7. The second kappa shape index (κ2) is 7.90. The van der Waals surface area contributed by atoms with E-state index >= 15 is 0 Å². The number of aliphatic hydroxyl groups excluding tert-OH is 1. The fourth-order valence-electron chi connectivity index (χ4n) is 4.31. The van der Waals surface area contributed by atoms with Gasteiger partial charge in [-0.25, -0.2) is 13.1 Å². The van der Waals surface area contributed by atoms with Gasteiger partial charge in [0, 0.05) is 21.7 Å². The van der Waals surface area contributed by atoms with Crippen LogP contribution >= 0.6 is 11.3 Å². The van der Waals surface area contributed by atoms with Gasteiger partial charge in [0.2, 0.25) is 10.0 Å². The summed E-state index contributed by atoms with van der Waals surface area (Å²) in [4.78, 5) is 2.54. The lowest BCUT2D eigenvalue weighted by Crippen LogP contribution is -2.39. The molecule has 1 aliphatic carbocycles. The molecule has 1 saturated carbocycles. The summed E-state index contributed by atoms with van der Waals surface area (Å²) in [6.45, 7) is 9.86. The Morgan fingerprint density at radius 1 is 1.11 bits per heavy atom. The van der Waals surface area contributed by atoms with Crippen molar-refractivity contribution in [3.63, 3.8) is 0 Å². The molecule has 3 rings (SSSR count). The van der Waals surface area contributed by atoms with Crippen molar-refractivity contribution in [2.24, 2.45) is 0 Å². The van der Waals surface area contributed by atoms with Crippen molar-refractivity contribution in [3.05, 3.63) is 50.2 Å². The second-order valence-electron chi connectivity index (χ2n) is 8.28. The van der Waals surface area contributed by atoms with Crippen LogP contribution in [0.15, 0.2) is 23.1 Å². The standard InChI is InChI=1S/C22H31NO3S2/c1-14-12-15(2)17(4)21(16(14)3)28(25,26)23-13-22(10-6-7-11-22)20-9-8-19(27-20)18(5)24/h8-9,12,18,23-24H,6-7,10-11,13H2,1-5H3. The SMILES string of the molecule is Cc1cc(C)c(C)c(S(=O)(=O)NCC2(c3ccc(C(C)O)s3)CCCC2)c1C. The lowest BCUT2D eigenvalue weighted by molar-refractivity contribution is 0.203. The van der Waals surface area contributed by atoms with E-state index in [2.05, 4.69) is 10.8 Å². The third-order valence-corrected chi connectivity index (χ3v) is 9.46. The van der Waals surface area contributed by atoms with Crippen LogP contribution in [0.2, 0.25) is 0 Å². The Labute approximate surface area is 173 Å². The van der Waals surface area contributed by atoms with Crippen LogP contribution < -0.4 is 4.72 Å². The molecule has 0 bridgehead atoms. The molecule has 0 radical (unpaired) electrons. The van der Waals surface area contributed by atoms with Gasteiger partial charge in [-0.2, -0.15) is 0 Å². The Balaban J connectivity index is 1.92. The minimum Gasteiger partial charge on any atom is -0.388 e. The topological polar surface area (TPSA) is 66.4 Å². The van der Waals surface area contributed by atoms with Crippen LogP contribution in [0.25, 0.3) is 0 Å². The van der Waals surface area contributed by atoms with Gasteiger partial charge in [-0.05, 0) is 81.8 Å². The Morgan fingerprint density at radius 3 is 2.18 bits per heavy atom. The molecule has 1 unspecified atom stereocenters. The van der Waals surface area contributed by atoms with E-state index in [0.29, 0.717) is 11.4 Å². The van der Waals surface area contributed by atoms with E-state index in [-0.39, 0.29) is 5.41 Å². The first kappa shape index (κ1) is 21.5. The minimum atomic E-state index is -3.60. The van der Waals surface area contributed by atoms with Crippen molar-refractivity contribution < 1.29 is 13.5 Å². The van der Waals surface area contributed by atoms with Crippen molar-refractivity contribution >= 4 is 21.4 Å². The highest BCUT2D eigenvalue weighted by Gasteiger charge is 2.38. The third-order valence-electron chi connectivity index (χ3n) is 6.29. The molecular formula is C22H31NO3S2. The zero-order valence-electron chi connectivity index (χ0n) is 17.4. The fraction of sp³-hybridized carbons (Fsp3) is 0.545. The van der Waals surface area contributed by atoms with Gasteiger partial charge in [0.15, 0.2) is 0 Å². The smallest absolute Gasteiger partial charge is 0.241 e. The number of benzene rings is 1.